The number of hydrogen-bond acceptors (Lipinski definition) is 5. The van der Waals surface area contributed by atoms with Crippen molar-refractivity contribution in [3.63, 3.8) is 0 Å². The first-order chi connectivity index (χ1) is 21.0. The number of hydrogen-bond donors (Lipinski definition) is 0. The molecule has 0 saturated carbocycles. The van der Waals surface area contributed by atoms with Crippen LogP contribution in [0.15, 0.2) is 96.3 Å². The fraction of sp³-hybridized carbons (Fsp3) is 0.216. The third-order valence-corrected chi connectivity index (χ3v) is 8.30. The molecule has 0 unspecified atom stereocenters. The third-order valence-electron chi connectivity index (χ3n) is 8.03. The second-order valence-corrected chi connectivity index (χ2v) is 13.6. The van der Waals surface area contributed by atoms with E-state index >= 15 is 0 Å². The van der Waals surface area contributed by atoms with Gasteiger partial charge in [0.05, 0.1) is 11.0 Å². The van der Waals surface area contributed by atoms with Crippen LogP contribution in [0.25, 0.3) is 44.5 Å². The van der Waals surface area contributed by atoms with Gasteiger partial charge in [0.1, 0.15) is 11.6 Å². The molecule has 0 saturated heterocycles. The van der Waals surface area contributed by atoms with Crippen molar-refractivity contribution in [2.45, 2.75) is 57.5 Å². The topological polar surface area (TPSA) is 57.8 Å². The van der Waals surface area contributed by atoms with Gasteiger partial charge in [0.25, 0.3) is 0 Å². The van der Waals surface area contributed by atoms with Crippen molar-refractivity contribution in [3.8, 4) is 23.3 Å². The molecule has 0 fully saturated rings. The molecule has 0 aliphatic rings. The van der Waals surface area contributed by atoms with Crippen molar-refractivity contribution in [2.75, 3.05) is 0 Å². The zero-order valence-electron chi connectivity index (χ0n) is 26.0. The van der Waals surface area contributed by atoms with Gasteiger partial charge in [0.15, 0.2) is 0 Å². The van der Waals surface area contributed by atoms with E-state index in [0.717, 1.165) is 44.2 Å². The molecule has 4 aromatic heterocycles. The number of para-hydroxylation sites is 3. The summed E-state index contributed by atoms with van der Waals surface area (Å²) < 4.78 is 10.6. The van der Waals surface area contributed by atoms with E-state index in [2.05, 4.69) is 106 Å². The summed E-state index contributed by atoms with van der Waals surface area (Å²) in [4.78, 5) is 14.3. The first-order valence-corrected chi connectivity index (χ1v) is 15.2. The molecule has 8 heteroatoms. The van der Waals surface area contributed by atoms with E-state index in [9.17, 15) is 0 Å². The van der Waals surface area contributed by atoms with Gasteiger partial charge in [-0.05, 0) is 68.9 Å². The van der Waals surface area contributed by atoms with Crippen LogP contribution in [0.4, 0.5) is 0 Å². The Morgan fingerprint density at radius 1 is 0.689 bits per heavy atom. The molecule has 0 bridgehead atoms. The fourth-order valence-electron chi connectivity index (χ4n) is 5.61. The summed E-state index contributed by atoms with van der Waals surface area (Å²) in [6.45, 7) is 13.2. The predicted molar refractivity (Wildman–Crippen MR) is 179 cm³/mol. The number of imidazole rings is 1. The Bertz CT molecular complexity index is 2200. The van der Waals surface area contributed by atoms with Gasteiger partial charge in [-0.3, -0.25) is 4.98 Å². The zero-order valence-corrected chi connectivity index (χ0v) is 29.1. The number of aromatic nitrogens is 5. The van der Waals surface area contributed by atoms with Crippen LogP contribution in [0.5, 0.6) is 11.6 Å². The molecule has 0 spiro atoms. The monoisotopic (exact) mass is 790 g/mol. The Morgan fingerprint density at radius 2 is 1.38 bits per heavy atom. The summed E-state index contributed by atoms with van der Waals surface area (Å²) in [6.07, 6.45) is 1.88. The number of rotatable bonds is 4. The molecule has 0 aliphatic heterocycles. The SMILES string of the molecule is CC(C)(C)c1cc(Oc2[c-]c3c(cc2)c2ccccc2n3-c2cc(C(C)(C)C)ccn2)nc(-n2c([S-])nc3ccccc32)c1.[Pt+2]. The van der Waals surface area contributed by atoms with E-state index in [0.29, 0.717) is 22.6 Å². The molecular weight excluding hydrogens is 758 g/mol. The maximum absolute atomic E-state index is 6.51. The van der Waals surface area contributed by atoms with Crippen LogP contribution < -0.4 is 4.74 Å². The molecule has 0 aliphatic carbocycles. The van der Waals surface area contributed by atoms with Crippen LogP contribution in [0.3, 0.4) is 0 Å². The number of fused-ring (bicyclic) bond motifs is 4. The van der Waals surface area contributed by atoms with Crippen molar-refractivity contribution >= 4 is 45.5 Å². The Morgan fingerprint density at radius 3 is 2.13 bits per heavy atom. The third kappa shape index (κ3) is 5.64. The van der Waals surface area contributed by atoms with Crippen LogP contribution in [0, 0.1) is 6.07 Å². The quantitative estimate of drug-likeness (QED) is 0.132. The van der Waals surface area contributed by atoms with Crippen molar-refractivity contribution < 1.29 is 25.8 Å². The normalized spacial score (nSPS) is 12.1. The Labute approximate surface area is 283 Å². The number of nitrogens with zero attached hydrogens (tertiary/aromatic N) is 5. The van der Waals surface area contributed by atoms with Gasteiger partial charge in [-0.15, -0.1) is 17.5 Å². The van der Waals surface area contributed by atoms with E-state index in [-0.39, 0.29) is 31.9 Å². The molecule has 45 heavy (non-hydrogen) atoms. The van der Waals surface area contributed by atoms with Crippen molar-refractivity contribution in [2.24, 2.45) is 0 Å². The molecule has 7 rings (SSSR count). The Hall–Kier alpha value is -4.06. The maximum Gasteiger partial charge on any atom is 2.00 e. The van der Waals surface area contributed by atoms with Gasteiger partial charge in [0.2, 0.25) is 5.88 Å². The molecule has 4 heterocycles. The second kappa shape index (κ2) is 11.4. The minimum Gasteiger partial charge on any atom is -0.742 e. The largest absolute Gasteiger partial charge is 2.00 e. The molecule has 0 N–H and O–H groups in total. The molecule has 0 radical (unpaired) electrons. The smallest absolute Gasteiger partial charge is 0.742 e. The molecule has 0 atom stereocenters. The summed E-state index contributed by atoms with van der Waals surface area (Å²) >= 11 is 5.68. The van der Waals surface area contributed by atoms with Gasteiger partial charge >= 0.3 is 21.1 Å². The Kier molecular flexibility index (Phi) is 7.83. The standard InChI is InChI=1S/C37H34N5OS.Pt/c1-36(2,3)23-17-18-38-32(19-23)41-29-13-9-7-11-26(29)27-16-15-25(22-31(27)41)43-34-21-24(37(4,5)6)20-33(40-34)42-30-14-10-8-12-28(30)39-35(42)44;/h7-21H,1-6H3,(H,39,44);/q-1;+2/p-1. The predicted octanol–water partition coefficient (Wildman–Crippen LogP) is 9.00. The molecule has 228 valence electrons. The first kappa shape index (κ1) is 30.9. The minimum absolute atomic E-state index is 0. The summed E-state index contributed by atoms with van der Waals surface area (Å²) in [5, 5.41) is 2.67. The zero-order chi connectivity index (χ0) is 30.8. The number of benzene rings is 3. The summed E-state index contributed by atoms with van der Waals surface area (Å²) in [6, 6.07) is 32.2. The number of pyridine rings is 2. The van der Waals surface area contributed by atoms with Crippen LogP contribution in [-0.2, 0) is 44.5 Å². The fourth-order valence-corrected chi connectivity index (χ4v) is 5.90. The molecular formula is C37H33N5OPtS. The van der Waals surface area contributed by atoms with E-state index in [4.69, 9.17) is 27.3 Å². The van der Waals surface area contributed by atoms with Crippen LogP contribution >= 0.6 is 0 Å². The van der Waals surface area contributed by atoms with Gasteiger partial charge in [-0.1, -0.05) is 77.4 Å². The summed E-state index contributed by atoms with van der Waals surface area (Å²) in [7, 11) is 0. The van der Waals surface area contributed by atoms with Crippen molar-refractivity contribution in [1.82, 2.24) is 24.1 Å². The maximum atomic E-state index is 6.51. The molecule has 7 aromatic rings. The van der Waals surface area contributed by atoms with E-state index in [1.807, 2.05) is 47.2 Å². The average molecular weight is 791 g/mol. The van der Waals surface area contributed by atoms with Gasteiger partial charge in [-0.25, -0.2) is 4.98 Å². The average Bonchev–Trinajstić information content (AvgIpc) is 3.49. The van der Waals surface area contributed by atoms with Crippen molar-refractivity contribution in [1.29, 1.82) is 0 Å². The van der Waals surface area contributed by atoms with E-state index in [1.165, 1.54) is 5.56 Å². The van der Waals surface area contributed by atoms with Gasteiger partial charge in [-0.2, -0.15) is 11.1 Å². The Balaban J connectivity index is 0.00000357. The van der Waals surface area contributed by atoms with E-state index < -0.39 is 0 Å². The van der Waals surface area contributed by atoms with Gasteiger partial charge < -0.3 is 26.5 Å². The number of ether oxygens (including phenoxy) is 1. The molecule has 6 nitrogen and oxygen atoms in total. The second-order valence-electron chi connectivity index (χ2n) is 13.2. The molecule has 3 aromatic carbocycles. The van der Waals surface area contributed by atoms with Crippen LogP contribution in [0.1, 0.15) is 52.7 Å². The van der Waals surface area contributed by atoms with Gasteiger partial charge in [0, 0.05) is 23.5 Å². The first-order valence-electron chi connectivity index (χ1n) is 14.7. The summed E-state index contributed by atoms with van der Waals surface area (Å²) in [5.41, 5.74) is 5.81. The minimum atomic E-state index is -0.155. The van der Waals surface area contributed by atoms with Crippen LogP contribution in [-0.4, -0.2) is 24.1 Å². The van der Waals surface area contributed by atoms with Crippen LogP contribution in [0.2, 0.25) is 0 Å². The van der Waals surface area contributed by atoms with Crippen molar-refractivity contribution in [3.05, 3.63) is 108 Å². The summed E-state index contributed by atoms with van der Waals surface area (Å²) in [5.74, 6) is 2.54. The van der Waals surface area contributed by atoms with E-state index in [1.54, 1.807) is 0 Å². The molecule has 0 amide bonds.